The molecule has 11 heteroatoms. The van der Waals surface area contributed by atoms with Crippen molar-refractivity contribution in [2.24, 2.45) is 7.05 Å². The molecular formula is C23H20F2N4O5. The molecule has 0 saturated heterocycles. The first-order chi connectivity index (χ1) is 16.3. The van der Waals surface area contributed by atoms with Gasteiger partial charge in [-0.25, -0.2) is 4.79 Å². The number of aromatic nitrogens is 4. The molecule has 0 unspecified atom stereocenters. The molecule has 0 amide bonds. The van der Waals surface area contributed by atoms with E-state index in [4.69, 9.17) is 9.47 Å². The minimum absolute atomic E-state index is 0.0958. The Bertz CT molecular complexity index is 1480. The van der Waals surface area contributed by atoms with Crippen LogP contribution >= 0.6 is 0 Å². The lowest BCUT2D eigenvalue weighted by atomic mass is 10.1. The van der Waals surface area contributed by atoms with E-state index in [0.29, 0.717) is 28.1 Å². The minimum atomic E-state index is -2.98. The zero-order valence-electron chi connectivity index (χ0n) is 18.5. The molecule has 34 heavy (non-hydrogen) atoms. The van der Waals surface area contributed by atoms with Crippen molar-refractivity contribution in [3.63, 3.8) is 0 Å². The molecule has 0 radical (unpaired) electrons. The standard InChI is InChI=1S/C23H20F2N4O5/c1-13-4-7-16-15(10-13)21(31)28(2)23-27-26-19(29(16)23)12-33-20(30)9-6-14-5-8-17(34-22(24)25)18(11-14)32-3/h4-11,22H,12H2,1-3H3. The Hall–Kier alpha value is -4.28. The second-order valence-electron chi connectivity index (χ2n) is 7.37. The van der Waals surface area contributed by atoms with E-state index in [1.54, 1.807) is 23.6 Å². The summed E-state index contributed by atoms with van der Waals surface area (Å²) in [5.41, 5.74) is 1.85. The van der Waals surface area contributed by atoms with Crippen molar-refractivity contribution >= 4 is 28.7 Å². The monoisotopic (exact) mass is 470 g/mol. The lowest BCUT2D eigenvalue weighted by Crippen LogP contribution is -2.20. The predicted octanol–water partition coefficient (Wildman–Crippen LogP) is 3.26. The largest absolute Gasteiger partial charge is 0.493 e. The van der Waals surface area contributed by atoms with Crippen molar-refractivity contribution < 1.29 is 27.8 Å². The number of fused-ring (bicyclic) bond motifs is 3. The van der Waals surface area contributed by atoms with Crippen molar-refractivity contribution in [2.45, 2.75) is 20.1 Å². The molecule has 2 aromatic heterocycles. The zero-order valence-corrected chi connectivity index (χ0v) is 18.5. The molecule has 2 aromatic carbocycles. The Morgan fingerprint density at radius 2 is 1.94 bits per heavy atom. The normalized spacial score (nSPS) is 11.6. The van der Waals surface area contributed by atoms with Gasteiger partial charge in [-0.2, -0.15) is 8.78 Å². The van der Waals surface area contributed by atoms with Crippen LogP contribution in [-0.2, 0) is 23.2 Å². The number of nitrogens with zero attached hydrogens (tertiary/aromatic N) is 4. The first-order valence-corrected chi connectivity index (χ1v) is 10.1. The molecule has 0 atom stereocenters. The van der Waals surface area contributed by atoms with E-state index in [0.717, 1.165) is 5.56 Å². The van der Waals surface area contributed by atoms with Crippen LogP contribution in [0.5, 0.6) is 11.5 Å². The summed E-state index contributed by atoms with van der Waals surface area (Å²) in [6, 6.07) is 9.69. The van der Waals surface area contributed by atoms with Gasteiger partial charge in [0.1, 0.15) is 0 Å². The van der Waals surface area contributed by atoms with Crippen LogP contribution < -0.4 is 15.0 Å². The maximum Gasteiger partial charge on any atom is 0.387 e. The number of halogens is 2. The highest BCUT2D eigenvalue weighted by molar-refractivity contribution is 5.87. The van der Waals surface area contributed by atoms with E-state index in [2.05, 4.69) is 14.9 Å². The van der Waals surface area contributed by atoms with E-state index in [9.17, 15) is 18.4 Å². The Balaban J connectivity index is 1.54. The van der Waals surface area contributed by atoms with Gasteiger partial charge in [-0.1, -0.05) is 17.7 Å². The number of benzene rings is 2. The van der Waals surface area contributed by atoms with Gasteiger partial charge >= 0.3 is 12.6 Å². The average Bonchev–Trinajstić information content (AvgIpc) is 3.24. The number of esters is 1. The fourth-order valence-corrected chi connectivity index (χ4v) is 3.48. The van der Waals surface area contributed by atoms with Crippen LogP contribution in [0.25, 0.3) is 22.8 Å². The quantitative estimate of drug-likeness (QED) is 0.302. The third kappa shape index (κ3) is 4.45. The molecule has 0 saturated carbocycles. The molecule has 0 aliphatic rings. The topological polar surface area (TPSA) is 97.0 Å². The van der Waals surface area contributed by atoms with E-state index < -0.39 is 12.6 Å². The molecule has 0 bridgehead atoms. The summed E-state index contributed by atoms with van der Waals surface area (Å²) in [4.78, 5) is 24.9. The third-order valence-corrected chi connectivity index (χ3v) is 5.10. The van der Waals surface area contributed by atoms with E-state index in [1.807, 2.05) is 13.0 Å². The number of methoxy groups -OCH3 is 1. The van der Waals surface area contributed by atoms with E-state index in [-0.39, 0.29) is 23.7 Å². The van der Waals surface area contributed by atoms with Crippen LogP contribution in [0.15, 0.2) is 47.3 Å². The summed E-state index contributed by atoms with van der Waals surface area (Å²) in [6.45, 7) is -1.28. The zero-order chi connectivity index (χ0) is 24.4. The van der Waals surface area contributed by atoms with Gasteiger partial charge in [0.15, 0.2) is 23.9 Å². The number of ether oxygens (including phenoxy) is 3. The van der Waals surface area contributed by atoms with Gasteiger partial charge < -0.3 is 14.2 Å². The molecule has 0 aliphatic carbocycles. The average molecular weight is 470 g/mol. The summed E-state index contributed by atoms with van der Waals surface area (Å²) in [5, 5.41) is 8.63. The Kier molecular flexibility index (Phi) is 6.26. The third-order valence-electron chi connectivity index (χ3n) is 5.10. The Morgan fingerprint density at radius 1 is 1.15 bits per heavy atom. The van der Waals surface area contributed by atoms with Crippen molar-refractivity contribution in [1.29, 1.82) is 0 Å². The first-order valence-electron chi connectivity index (χ1n) is 10.1. The summed E-state index contributed by atoms with van der Waals surface area (Å²) < 4.78 is 42.7. The molecule has 4 aromatic rings. The number of hydrogen-bond acceptors (Lipinski definition) is 7. The molecule has 176 valence electrons. The smallest absolute Gasteiger partial charge is 0.387 e. The van der Waals surface area contributed by atoms with Crippen LogP contribution in [0.3, 0.4) is 0 Å². The summed E-state index contributed by atoms with van der Waals surface area (Å²) in [6.07, 6.45) is 2.63. The lowest BCUT2D eigenvalue weighted by Gasteiger charge is -2.10. The number of carbonyl (C=O) groups is 1. The SMILES string of the molecule is COc1cc(C=CC(=O)OCc2nnc3n(C)c(=O)c4cc(C)ccc4n23)ccc1OC(F)F. The van der Waals surface area contributed by atoms with Gasteiger partial charge in [0.25, 0.3) is 5.56 Å². The second kappa shape index (κ2) is 9.30. The fraction of sp³-hybridized carbons (Fsp3) is 0.217. The molecule has 0 spiro atoms. The fourth-order valence-electron chi connectivity index (χ4n) is 3.48. The van der Waals surface area contributed by atoms with Crippen molar-refractivity contribution in [3.8, 4) is 11.5 Å². The molecule has 0 N–H and O–H groups in total. The summed E-state index contributed by atoms with van der Waals surface area (Å²) in [7, 11) is 2.91. The minimum Gasteiger partial charge on any atom is -0.493 e. The predicted molar refractivity (Wildman–Crippen MR) is 119 cm³/mol. The molecule has 0 aliphatic heterocycles. The van der Waals surface area contributed by atoms with Gasteiger partial charge in [-0.15, -0.1) is 10.2 Å². The van der Waals surface area contributed by atoms with E-state index in [1.165, 1.54) is 42.0 Å². The van der Waals surface area contributed by atoms with Crippen LogP contribution in [0.1, 0.15) is 17.0 Å². The van der Waals surface area contributed by atoms with Crippen molar-refractivity contribution in [1.82, 2.24) is 19.2 Å². The van der Waals surface area contributed by atoms with Gasteiger partial charge in [-0.05, 0) is 42.8 Å². The first kappa shape index (κ1) is 22.9. The molecular weight excluding hydrogens is 450 g/mol. The summed E-state index contributed by atoms with van der Waals surface area (Å²) in [5.74, 6) is -0.0164. The molecule has 0 fully saturated rings. The number of aryl methyl sites for hydroxylation is 2. The van der Waals surface area contributed by atoms with E-state index >= 15 is 0 Å². The Labute approximate surface area is 191 Å². The van der Waals surface area contributed by atoms with Crippen LogP contribution in [-0.4, -0.2) is 38.9 Å². The second-order valence-corrected chi connectivity index (χ2v) is 7.37. The molecule has 2 heterocycles. The highest BCUT2D eigenvalue weighted by atomic mass is 19.3. The highest BCUT2D eigenvalue weighted by Crippen LogP contribution is 2.29. The number of hydrogen-bond donors (Lipinski definition) is 0. The summed E-state index contributed by atoms with van der Waals surface area (Å²) >= 11 is 0. The van der Waals surface area contributed by atoms with Crippen LogP contribution in [0.4, 0.5) is 8.78 Å². The van der Waals surface area contributed by atoms with Gasteiger partial charge in [0.2, 0.25) is 5.78 Å². The Morgan fingerprint density at radius 3 is 2.68 bits per heavy atom. The number of alkyl halides is 2. The van der Waals surface area contributed by atoms with Crippen LogP contribution in [0, 0.1) is 6.92 Å². The molecule has 4 rings (SSSR count). The number of carbonyl (C=O) groups excluding carboxylic acids is 1. The van der Waals surface area contributed by atoms with Gasteiger partial charge in [-0.3, -0.25) is 13.8 Å². The lowest BCUT2D eigenvalue weighted by molar-refractivity contribution is -0.139. The van der Waals surface area contributed by atoms with Gasteiger partial charge in [0.05, 0.1) is 18.0 Å². The van der Waals surface area contributed by atoms with Crippen molar-refractivity contribution in [2.75, 3.05) is 7.11 Å². The maximum absolute atomic E-state index is 12.6. The van der Waals surface area contributed by atoms with Gasteiger partial charge in [0, 0.05) is 13.1 Å². The molecule has 9 nitrogen and oxygen atoms in total. The maximum atomic E-state index is 12.6. The van der Waals surface area contributed by atoms with Crippen molar-refractivity contribution in [3.05, 3.63) is 69.8 Å². The highest BCUT2D eigenvalue weighted by Gasteiger charge is 2.16. The number of rotatable bonds is 7. The van der Waals surface area contributed by atoms with Crippen LogP contribution in [0.2, 0.25) is 0 Å².